The van der Waals surface area contributed by atoms with E-state index in [2.05, 4.69) is 15.3 Å². The molecule has 0 bridgehead atoms. The summed E-state index contributed by atoms with van der Waals surface area (Å²) in [5.41, 5.74) is 8.27. The molecule has 0 atom stereocenters. The van der Waals surface area contributed by atoms with Gasteiger partial charge in [-0.05, 0) is 44.2 Å². The van der Waals surface area contributed by atoms with Gasteiger partial charge in [0.2, 0.25) is 16.0 Å². The molecule has 2 aromatic carbocycles. The van der Waals surface area contributed by atoms with Crippen molar-refractivity contribution in [3.05, 3.63) is 65.4 Å². The lowest BCUT2D eigenvalue weighted by Gasteiger charge is -2.34. The zero-order valence-corrected chi connectivity index (χ0v) is 20.7. The number of sulfonamides is 1. The van der Waals surface area contributed by atoms with E-state index < -0.39 is 15.9 Å². The Kier molecular flexibility index (Phi) is 6.90. The van der Waals surface area contributed by atoms with Crippen molar-refractivity contribution in [2.45, 2.75) is 18.7 Å². The molecule has 0 saturated carbocycles. The fourth-order valence-electron chi connectivity index (χ4n) is 3.88. The minimum Gasteiger partial charge on any atom is -0.496 e. The molecule has 4 rings (SSSR count). The Balaban J connectivity index is 1.48. The Morgan fingerprint density at radius 2 is 1.69 bits per heavy atom. The maximum atomic E-state index is 13.2. The second-order valence-corrected chi connectivity index (χ2v) is 10.2. The number of anilines is 3. The van der Waals surface area contributed by atoms with E-state index in [9.17, 15) is 13.2 Å². The summed E-state index contributed by atoms with van der Waals surface area (Å²) in [7, 11) is -2.42. The van der Waals surface area contributed by atoms with Gasteiger partial charge in [-0.3, -0.25) is 4.79 Å². The summed E-state index contributed by atoms with van der Waals surface area (Å²) in [6.07, 6.45) is 0. The molecule has 1 saturated heterocycles. The first-order valence-corrected chi connectivity index (χ1v) is 12.5. The maximum absolute atomic E-state index is 13.2. The first kappa shape index (κ1) is 24.4. The van der Waals surface area contributed by atoms with Gasteiger partial charge in [0, 0.05) is 43.6 Å². The van der Waals surface area contributed by atoms with Crippen molar-refractivity contribution >= 4 is 33.4 Å². The van der Waals surface area contributed by atoms with Crippen LogP contribution in [0.3, 0.4) is 0 Å². The zero-order valence-electron chi connectivity index (χ0n) is 19.9. The van der Waals surface area contributed by atoms with Crippen LogP contribution in [0.2, 0.25) is 0 Å². The number of primary amides is 1. The lowest BCUT2D eigenvalue weighted by atomic mass is 10.2. The van der Waals surface area contributed by atoms with Crippen LogP contribution in [0.1, 0.15) is 21.6 Å². The highest BCUT2D eigenvalue weighted by Crippen LogP contribution is 2.26. The molecule has 11 heteroatoms. The van der Waals surface area contributed by atoms with Crippen LogP contribution in [0.5, 0.6) is 5.75 Å². The number of piperazine rings is 1. The molecule has 1 amide bonds. The molecule has 1 fully saturated rings. The van der Waals surface area contributed by atoms with Gasteiger partial charge < -0.3 is 20.7 Å². The summed E-state index contributed by atoms with van der Waals surface area (Å²) < 4.78 is 32.9. The lowest BCUT2D eigenvalue weighted by molar-refractivity contribution is 0.0997. The second kappa shape index (κ2) is 9.88. The third kappa shape index (κ3) is 5.36. The average molecular weight is 497 g/mol. The quantitative estimate of drug-likeness (QED) is 0.510. The van der Waals surface area contributed by atoms with Gasteiger partial charge in [0.05, 0.1) is 17.6 Å². The number of hydrogen-bond acceptors (Lipinski definition) is 8. The van der Waals surface area contributed by atoms with Crippen molar-refractivity contribution < 1.29 is 17.9 Å². The first-order chi connectivity index (χ1) is 16.7. The number of ether oxygens (including phenoxy) is 1. The average Bonchev–Trinajstić information content (AvgIpc) is 2.84. The van der Waals surface area contributed by atoms with E-state index in [1.54, 1.807) is 0 Å². The van der Waals surface area contributed by atoms with Crippen molar-refractivity contribution in [2.75, 3.05) is 43.5 Å². The molecule has 0 spiro atoms. The minimum atomic E-state index is -3.81. The summed E-state index contributed by atoms with van der Waals surface area (Å²) >= 11 is 0. The maximum Gasteiger partial charge on any atom is 0.252 e. The summed E-state index contributed by atoms with van der Waals surface area (Å²) in [6, 6.07) is 14.0. The van der Waals surface area contributed by atoms with Crippen molar-refractivity contribution in [1.29, 1.82) is 0 Å². The van der Waals surface area contributed by atoms with Crippen LogP contribution >= 0.6 is 0 Å². The monoisotopic (exact) mass is 496 g/mol. The van der Waals surface area contributed by atoms with Crippen molar-refractivity contribution in [2.24, 2.45) is 5.73 Å². The van der Waals surface area contributed by atoms with Gasteiger partial charge in [-0.25, -0.2) is 13.4 Å². The lowest BCUT2D eigenvalue weighted by Crippen LogP contribution is -2.49. The number of aryl methyl sites for hydroxylation is 2. The molecule has 3 N–H and O–H groups in total. The number of benzene rings is 2. The highest BCUT2D eigenvalue weighted by atomic mass is 32.2. The van der Waals surface area contributed by atoms with Crippen LogP contribution in [0.15, 0.2) is 53.4 Å². The standard InChI is InChI=1S/C24H28N6O4S/c1-16-4-6-18(7-5-16)27-24-26-17(2)14-22(28-24)29-10-12-30(13-11-29)35(32,33)19-8-9-21(34-3)20(15-19)23(25)31/h4-9,14-15H,10-13H2,1-3H3,(H2,25,31)(H,26,27,28). The molecule has 3 aromatic rings. The smallest absolute Gasteiger partial charge is 0.252 e. The number of methoxy groups -OCH3 is 1. The largest absolute Gasteiger partial charge is 0.496 e. The summed E-state index contributed by atoms with van der Waals surface area (Å²) in [5, 5.41) is 3.23. The molecule has 1 aliphatic heterocycles. The molecule has 0 radical (unpaired) electrons. The van der Waals surface area contributed by atoms with Gasteiger partial charge in [-0.1, -0.05) is 17.7 Å². The van der Waals surface area contributed by atoms with E-state index in [4.69, 9.17) is 10.5 Å². The summed E-state index contributed by atoms with van der Waals surface area (Å²) in [6.45, 7) is 5.37. The predicted molar refractivity (Wildman–Crippen MR) is 134 cm³/mol. The Morgan fingerprint density at radius 3 is 2.31 bits per heavy atom. The van der Waals surface area contributed by atoms with Gasteiger partial charge >= 0.3 is 0 Å². The Bertz CT molecular complexity index is 1340. The number of nitrogens with zero attached hydrogens (tertiary/aromatic N) is 4. The molecule has 1 aromatic heterocycles. The normalized spacial score (nSPS) is 14.5. The predicted octanol–water partition coefficient (Wildman–Crippen LogP) is 2.46. The number of carbonyl (C=O) groups excluding carboxylic acids is 1. The summed E-state index contributed by atoms with van der Waals surface area (Å²) in [5.74, 6) is 0.689. The Labute approximate surface area is 204 Å². The van der Waals surface area contributed by atoms with Crippen LogP contribution in [0, 0.1) is 13.8 Å². The molecular weight excluding hydrogens is 468 g/mol. The third-order valence-corrected chi connectivity index (χ3v) is 7.68. The highest BCUT2D eigenvalue weighted by molar-refractivity contribution is 7.89. The Hall–Kier alpha value is -3.70. The molecule has 35 heavy (non-hydrogen) atoms. The van der Waals surface area contributed by atoms with Gasteiger partial charge in [0.15, 0.2) is 0 Å². The number of rotatable bonds is 7. The number of nitrogens with one attached hydrogen (secondary N) is 1. The van der Waals surface area contributed by atoms with Crippen molar-refractivity contribution in [1.82, 2.24) is 14.3 Å². The number of hydrogen-bond donors (Lipinski definition) is 2. The van der Waals surface area contributed by atoms with Crippen LogP contribution in [-0.2, 0) is 10.0 Å². The second-order valence-electron chi connectivity index (χ2n) is 8.30. The van der Waals surface area contributed by atoms with Crippen LogP contribution in [-0.4, -0.2) is 61.9 Å². The van der Waals surface area contributed by atoms with Gasteiger partial charge in [0.1, 0.15) is 11.6 Å². The van der Waals surface area contributed by atoms with Crippen molar-refractivity contribution in [3.8, 4) is 5.75 Å². The molecule has 0 unspecified atom stereocenters. The van der Waals surface area contributed by atoms with E-state index >= 15 is 0 Å². The van der Waals surface area contributed by atoms with E-state index in [0.717, 1.165) is 22.8 Å². The summed E-state index contributed by atoms with van der Waals surface area (Å²) in [4.78, 5) is 22.9. The number of amides is 1. The SMILES string of the molecule is COc1ccc(S(=O)(=O)N2CCN(c3cc(C)nc(Nc4ccc(C)cc4)n3)CC2)cc1C(N)=O. The number of nitrogens with two attached hydrogens (primary N) is 1. The third-order valence-electron chi connectivity index (χ3n) is 5.79. The highest BCUT2D eigenvalue weighted by Gasteiger charge is 2.30. The van der Waals surface area contributed by atoms with Gasteiger partial charge in [-0.15, -0.1) is 0 Å². The van der Waals surface area contributed by atoms with Gasteiger partial charge in [-0.2, -0.15) is 9.29 Å². The van der Waals surface area contributed by atoms with Crippen LogP contribution in [0.25, 0.3) is 0 Å². The zero-order chi connectivity index (χ0) is 25.2. The Morgan fingerprint density at radius 1 is 1.00 bits per heavy atom. The van der Waals surface area contributed by atoms with Crippen LogP contribution in [0.4, 0.5) is 17.5 Å². The van der Waals surface area contributed by atoms with Crippen molar-refractivity contribution in [3.63, 3.8) is 0 Å². The fourth-order valence-corrected chi connectivity index (χ4v) is 5.33. The molecule has 184 valence electrons. The van der Waals surface area contributed by atoms with E-state index in [1.807, 2.05) is 49.1 Å². The van der Waals surface area contributed by atoms with Crippen LogP contribution < -0.4 is 20.7 Å². The molecule has 0 aliphatic carbocycles. The van der Waals surface area contributed by atoms with Gasteiger partial charge in [0.25, 0.3) is 5.91 Å². The molecular formula is C24H28N6O4S. The van der Waals surface area contributed by atoms with E-state index in [0.29, 0.717) is 19.0 Å². The number of aromatic nitrogens is 2. The molecule has 2 heterocycles. The van der Waals surface area contributed by atoms with E-state index in [1.165, 1.54) is 29.6 Å². The minimum absolute atomic E-state index is 0.00279. The van der Waals surface area contributed by atoms with E-state index in [-0.39, 0.29) is 29.3 Å². The fraction of sp³-hybridized carbons (Fsp3) is 0.292. The first-order valence-electron chi connectivity index (χ1n) is 11.1. The topological polar surface area (TPSA) is 131 Å². The number of carbonyl (C=O) groups is 1. The molecule has 1 aliphatic rings. The molecule has 10 nitrogen and oxygen atoms in total.